The van der Waals surface area contributed by atoms with Gasteiger partial charge in [0.25, 0.3) is 5.91 Å². The fourth-order valence-corrected chi connectivity index (χ4v) is 4.09. The van der Waals surface area contributed by atoms with Crippen LogP contribution in [-0.4, -0.2) is 73.8 Å². The molecule has 0 aliphatic carbocycles. The summed E-state index contributed by atoms with van der Waals surface area (Å²) in [6.07, 6.45) is -1.70. The molecule has 0 atom stereocenters. The quantitative estimate of drug-likeness (QED) is 0.313. The summed E-state index contributed by atoms with van der Waals surface area (Å²) in [5.74, 6) is 0.880. The SMILES string of the molecule is Cc1ccc(C(=O)Nc2cccc(C(F)(F)F)c2)cc1Nc1ncnn1-c1cc(NN2CCN(C)CC2)ncn1. The number of carbonyl (C=O) groups is 1. The molecule has 0 unspecified atom stereocenters. The van der Waals surface area contributed by atoms with Gasteiger partial charge in [0.05, 0.1) is 5.56 Å². The van der Waals surface area contributed by atoms with Crippen LogP contribution in [0.3, 0.4) is 0 Å². The summed E-state index contributed by atoms with van der Waals surface area (Å²) < 4.78 is 40.7. The number of likely N-dealkylation sites (N-methyl/N-ethyl adjacent to an activating group) is 1. The Morgan fingerprint density at radius 1 is 0.950 bits per heavy atom. The molecular formula is C26H27F3N10O. The minimum absolute atomic E-state index is 0.0411. The lowest BCUT2D eigenvalue weighted by Gasteiger charge is -2.32. The molecular weight excluding hydrogens is 525 g/mol. The molecule has 0 radical (unpaired) electrons. The number of hydrogen-bond acceptors (Lipinski definition) is 9. The molecule has 0 bridgehead atoms. The van der Waals surface area contributed by atoms with Crippen LogP contribution in [0.25, 0.3) is 5.82 Å². The number of rotatable bonds is 7. The van der Waals surface area contributed by atoms with Gasteiger partial charge in [-0.2, -0.15) is 27.9 Å². The fraction of sp³-hybridized carbons (Fsp3) is 0.269. The van der Waals surface area contributed by atoms with E-state index in [1.54, 1.807) is 24.3 Å². The van der Waals surface area contributed by atoms with Crippen LogP contribution < -0.4 is 16.1 Å². The zero-order valence-corrected chi connectivity index (χ0v) is 21.8. The van der Waals surface area contributed by atoms with Crippen molar-refractivity contribution < 1.29 is 18.0 Å². The van der Waals surface area contributed by atoms with Crippen LogP contribution in [-0.2, 0) is 6.18 Å². The van der Waals surface area contributed by atoms with E-state index in [-0.39, 0.29) is 11.3 Å². The number of hydrazine groups is 1. The van der Waals surface area contributed by atoms with Gasteiger partial charge in [-0.1, -0.05) is 12.1 Å². The van der Waals surface area contributed by atoms with Crippen molar-refractivity contribution in [2.75, 3.05) is 49.3 Å². The Morgan fingerprint density at radius 3 is 2.52 bits per heavy atom. The van der Waals surface area contributed by atoms with Crippen molar-refractivity contribution >= 4 is 29.0 Å². The van der Waals surface area contributed by atoms with Crippen LogP contribution in [0.5, 0.6) is 0 Å². The van der Waals surface area contributed by atoms with Crippen molar-refractivity contribution in [3.63, 3.8) is 0 Å². The molecule has 5 rings (SSSR count). The highest BCUT2D eigenvalue weighted by atomic mass is 19.4. The zero-order chi connectivity index (χ0) is 28.3. The average molecular weight is 553 g/mol. The Balaban J connectivity index is 1.32. The largest absolute Gasteiger partial charge is 0.416 e. The van der Waals surface area contributed by atoms with Crippen LogP contribution in [0, 0.1) is 6.92 Å². The number of anilines is 4. The molecule has 3 N–H and O–H groups in total. The van der Waals surface area contributed by atoms with Gasteiger partial charge < -0.3 is 21.0 Å². The van der Waals surface area contributed by atoms with Crippen LogP contribution in [0.4, 0.5) is 36.3 Å². The molecule has 208 valence electrons. The summed E-state index contributed by atoms with van der Waals surface area (Å²) in [6, 6.07) is 11.2. The molecule has 14 heteroatoms. The lowest BCUT2D eigenvalue weighted by atomic mass is 10.1. The second-order valence-electron chi connectivity index (χ2n) is 9.35. The molecule has 40 heavy (non-hydrogen) atoms. The Hall–Kier alpha value is -4.56. The van der Waals surface area contributed by atoms with E-state index in [1.807, 2.05) is 6.92 Å². The number of aryl methyl sites for hydroxylation is 1. The summed E-state index contributed by atoms with van der Waals surface area (Å²) >= 11 is 0. The smallest absolute Gasteiger partial charge is 0.324 e. The number of nitrogens with one attached hydrogen (secondary N) is 3. The number of aromatic nitrogens is 5. The Morgan fingerprint density at radius 2 is 1.75 bits per heavy atom. The molecule has 1 aliphatic heterocycles. The van der Waals surface area contributed by atoms with E-state index in [1.165, 1.54) is 29.5 Å². The summed E-state index contributed by atoms with van der Waals surface area (Å²) in [6.45, 7) is 5.43. The number of amides is 1. The van der Waals surface area contributed by atoms with Gasteiger partial charge in [0.1, 0.15) is 18.5 Å². The normalized spacial score (nSPS) is 14.6. The Labute approximate surface area is 228 Å². The summed E-state index contributed by atoms with van der Waals surface area (Å²) in [5, 5.41) is 12.1. The van der Waals surface area contributed by atoms with Gasteiger partial charge >= 0.3 is 6.18 Å². The van der Waals surface area contributed by atoms with E-state index in [9.17, 15) is 18.0 Å². The molecule has 2 aromatic heterocycles. The highest BCUT2D eigenvalue weighted by molar-refractivity contribution is 6.05. The van der Waals surface area contributed by atoms with Gasteiger partial charge in [-0.3, -0.25) is 4.79 Å². The van der Waals surface area contributed by atoms with Gasteiger partial charge in [-0.25, -0.2) is 15.0 Å². The van der Waals surface area contributed by atoms with Crippen molar-refractivity contribution in [2.24, 2.45) is 0 Å². The lowest BCUT2D eigenvalue weighted by Crippen LogP contribution is -2.47. The highest BCUT2D eigenvalue weighted by Gasteiger charge is 2.30. The fourth-order valence-electron chi connectivity index (χ4n) is 4.09. The number of piperazine rings is 1. The molecule has 4 aromatic rings. The molecule has 2 aromatic carbocycles. The maximum atomic E-state index is 13.1. The first-order valence-electron chi connectivity index (χ1n) is 12.4. The molecule has 0 spiro atoms. The van der Waals surface area contributed by atoms with E-state index in [2.05, 4.69) is 53.1 Å². The summed E-state index contributed by atoms with van der Waals surface area (Å²) in [5.41, 5.74) is 4.12. The third-order valence-corrected chi connectivity index (χ3v) is 6.39. The van der Waals surface area contributed by atoms with E-state index in [0.717, 1.165) is 43.9 Å². The second kappa shape index (κ2) is 11.3. The summed E-state index contributed by atoms with van der Waals surface area (Å²) in [7, 11) is 2.08. The standard InChI is InChI=1S/C26H27F3N10O/c1-17-6-7-18(24(40)34-20-5-3-4-19(13-20)26(27,28)29)12-21(17)35-25-32-16-33-39(25)23-14-22(30-15-31-23)36-38-10-8-37(2)9-11-38/h3-7,12-16H,8-11H2,1-2H3,(H,34,40)(H,30,31,36)(H,32,33,35). The monoisotopic (exact) mass is 552 g/mol. The number of benzene rings is 2. The van der Waals surface area contributed by atoms with Crippen LogP contribution >= 0.6 is 0 Å². The first kappa shape index (κ1) is 27.0. The molecule has 1 saturated heterocycles. The second-order valence-corrected chi connectivity index (χ2v) is 9.35. The van der Waals surface area contributed by atoms with Gasteiger partial charge in [-0.05, 0) is 49.9 Å². The van der Waals surface area contributed by atoms with Crippen molar-refractivity contribution in [1.29, 1.82) is 0 Å². The van der Waals surface area contributed by atoms with E-state index in [0.29, 0.717) is 23.3 Å². The maximum Gasteiger partial charge on any atom is 0.416 e. The van der Waals surface area contributed by atoms with Crippen molar-refractivity contribution in [3.8, 4) is 5.82 Å². The lowest BCUT2D eigenvalue weighted by molar-refractivity contribution is -0.137. The van der Waals surface area contributed by atoms with Gasteiger partial charge in [-0.15, -0.1) is 0 Å². The minimum Gasteiger partial charge on any atom is -0.324 e. The third kappa shape index (κ3) is 6.35. The van der Waals surface area contributed by atoms with E-state index < -0.39 is 17.6 Å². The predicted molar refractivity (Wildman–Crippen MR) is 144 cm³/mol. The number of halogens is 3. The molecule has 0 saturated carbocycles. The van der Waals surface area contributed by atoms with Crippen LogP contribution in [0.1, 0.15) is 21.5 Å². The third-order valence-electron chi connectivity index (χ3n) is 6.39. The Kier molecular flexibility index (Phi) is 7.62. The van der Waals surface area contributed by atoms with Crippen molar-refractivity contribution in [2.45, 2.75) is 13.1 Å². The first-order valence-corrected chi connectivity index (χ1v) is 12.4. The number of nitrogens with zero attached hydrogens (tertiary/aromatic N) is 7. The van der Waals surface area contributed by atoms with Crippen molar-refractivity contribution in [1.82, 2.24) is 34.6 Å². The minimum atomic E-state index is -4.51. The molecule has 1 amide bonds. The highest BCUT2D eigenvalue weighted by Crippen LogP contribution is 2.31. The van der Waals surface area contributed by atoms with Crippen LogP contribution in [0.2, 0.25) is 0 Å². The molecule has 3 heterocycles. The molecule has 11 nitrogen and oxygen atoms in total. The van der Waals surface area contributed by atoms with Gasteiger partial charge in [0, 0.05) is 49.2 Å². The topological polar surface area (TPSA) is 116 Å². The molecule has 1 aliphatic rings. The zero-order valence-electron chi connectivity index (χ0n) is 21.8. The first-order chi connectivity index (χ1) is 19.2. The number of hydrogen-bond donors (Lipinski definition) is 3. The van der Waals surface area contributed by atoms with Gasteiger partial charge in [0.15, 0.2) is 5.82 Å². The number of alkyl halides is 3. The predicted octanol–water partition coefficient (Wildman–Crippen LogP) is 3.95. The average Bonchev–Trinajstić information content (AvgIpc) is 3.39. The summed E-state index contributed by atoms with van der Waals surface area (Å²) in [4.78, 5) is 28.0. The number of carbonyl (C=O) groups excluding carboxylic acids is 1. The van der Waals surface area contributed by atoms with E-state index >= 15 is 0 Å². The van der Waals surface area contributed by atoms with Gasteiger partial charge in [0.2, 0.25) is 5.95 Å². The van der Waals surface area contributed by atoms with Crippen molar-refractivity contribution in [3.05, 3.63) is 77.9 Å². The Bertz CT molecular complexity index is 1500. The molecule has 1 fully saturated rings. The maximum absolute atomic E-state index is 13.1. The van der Waals surface area contributed by atoms with E-state index in [4.69, 9.17) is 0 Å². The van der Waals surface area contributed by atoms with Crippen LogP contribution in [0.15, 0.2) is 61.2 Å².